The Morgan fingerprint density at radius 2 is 1.79 bits per heavy atom. The Hall–Kier alpha value is -3.63. The van der Waals surface area contributed by atoms with Crippen LogP contribution < -0.4 is 10.9 Å². The van der Waals surface area contributed by atoms with Crippen LogP contribution in [-0.2, 0) is 6.54 Å². The zero-order valence-electron chi connectivity index (χ0n) is 12.1. The minimum atomic E-state index is -0.820. The molecule has 0 unspecified atom stereocenters. The molecule has 0 atom stereocenters. The van der Waals surface area contributed by atoms with Gasteiger partial charge in [-0.1, -0.05) is 0 Å². The van der Waals surface area contributed by atoms with Gasteiger partial charge in [-0.25, -0.2) is 4.98 Å². The quantitative estimate of drug-likeness (QED) is 0.596. The predicted octanol–water partition coefficient (Wildman–Crippen LogP) is 0.490. The molecule has 124 valence electrons. The van der Waals surface area contributed by atoms with Gasteiger partial charge in [0, 0.05) is 37.5 Å². The fraction of sp³-hybridized carbons (Fsp3) is 0.154. The summed E-state index contributed by atoms with van der Waals surface area (Å²) >= 11 is 0. The molecule has 11 heteroatoms. The number of nitrogens with one attached hydrogen (secondary N) is 1. The second-order valence-corrected chi connectivity index (χ2v) is 4.62. The van der Waals surface area contributed by atoms with Gasteiger partial charge in [-0.15, -0.1) is 0 Å². The lowest BCUT2D eigenvalue weighted by Gasteiger charge is -2.07. The number of carbonyl (C=O) groups excluding carboxylic acids is 1. The highest BCUT2D eigenvalue weighted by molar-refractivity contribution is 5.95. The third-order valence-corrected chi connectivity index (χ3v) is 3.02. The van der Waals surface area contributed by atoms with Crippen LogP contribution in [0.1, 0.15) is 10.4 Å². The van der Waals surface area contributed by atoms with E-state index in [1.54, 1.807) is 0 Å². The summed E-state index contributed by atoms with van der Waals surface area (Å²) in [5.41, 5.74) is -1.63. The smallest absolute Gasteiger partial charge is 0.277 e. The number of nitrogens with zero attached hydrogens (tertiary/aromatic N) is 4. The van der Waals surface area contributed by atoms with Gasteiger partial charge in [0.2, 0.25) is 0 Å². The number of carbonyl (C=O) groups is 1. The van der Waals surface area contributed by atoms with Gasteiger partial charge in [-0.05, 0) is 0 Å². The van der Waals surface area contributed by atoms with Crippen molar-refractivity contribution in [3.05, 3.63) is 72.9 Å². The van der Waals surface area contributed by atoms with Gasteiger partial charge < -0.3 is 5.32 Å². The fourth-order valence-corrected chi connectivity index (χ4v) is 1.88. The maximum Gasteiger partial charge on any atom is 0.277 e. The van der Waals surface area contributed by atoms with Crippen molar-refractivity contribution in [2.45, 2.75) is 6.54 Å². The average molecular weight is 333 g/mol. The molecule has 1 aromatic heterocycles. The molecule has 0 aliphatic heterocycles. The first-order valence-corrected chi connectivity index (χ1v) is 6.61. The Kier molecular flexibility index (Phi) is 4.94. The molecule has 0 bridgehead atoms. The Morgan fingerprint density at radius 3 is 2.33 bits per heavy atom. The molecular formula is C13H11N5O6. The lowest BCUT2D eigenvalue weighted by atomic mass is 10.1. The van der Waals surface area contributed by atoms with Crippen LogP contribution >= 0.6 is 0 Å². The van der Waals surface area contributed by atoms with E-state index < -0.39 is 27.1 Å². The van der Waals surface area contributed by atoms with E-state index in [0.29, 0.717) is 0 Å². The van der Waals surface area contributed by atoms with Gasteiger partial charge in [0.15, 0.2) is 0 Å². The standard InChI is InChI=1S/C13H11N5O6/c19-12-1-2-14-8-16(12)4-3-15-13(20)9-5-10(17(21)22)7-11(6-9)18(23)24/h1-2,5-8H,3-4H2,(H,15,20). The van der Waals surface area contributed by atoms with E-state index in [1.165, 1.54) is 23.2 Å². The second kappa shape index (κ2) is 7.09. The zero-order valence-corrected chi connectivity index (χ0v) is 12.1. The van der Waals surface area contributed by atoms with Crippen molar-refractivity contribution in [1.82, 2.24) is 14.9 Å². The summed E-state index contributed by atoms with van der Waals surface area (Å²) in [5, 5.41) is 24.0. The topological polar surface area (TPSA) is 150 Å². The van der Waals surface area contributed by atoms with Crippen LogP contribution in [0.5, 0.6) is 0 Å². The number of nitro groups is 2. The van der Waals surface area contributed by atoms with Gasteiger partial charge in [0.05, 0.1) is 27.8 Å². The van der Waals surface area contributed by atoms with Gasteiger partial charge in [0.25, 0.3) is 22.8 Å². The molecule has 0 saturated heterocycles. The SMILES string of the molecule is O=C(NCCn1cnccc1=O)c1cc([N+](=O)[O-])cc([N+](=O)[O-])c1. The van der Waals surface area contributed by atoms with Gasteiger partial charge in [-0.3, -0.25) is 34.4 Å². The Bertz CT molecular complexity index is 830. The molecule has 0 spiro atoms. The molecule has 11 nitrogen and oxygen atoms in total. The van der Waals surface area contributed by atoms with Crippen LogP contribution in [0.15, 0.2) is 41.6 Å². The van der Waals surface area contributed by atoms with E-state index >= 15 is 0 Å². The summed E-state index contributed by atoms with van der Waals surface area (Å²) in [5.74, 6) is -0.723. The van der Waals surface area contributed by atoms with Crippen molar-refractivity contribution in [2.75, 3.05) is 6.54 Å². The van der Waals surface area contributed by atoms with Gasteiger partial charge in [0.1, 0.15) is 0 Å². The number of non-ortho nitro benzene ring substituents is 2. The Morgan fingerprint density at radius 1 is 1.17 bits per heavy atom. The fourth-order valence-electron chi connectivity index (χ4n) is 1.88. The molecule has 0 fully saturated rings. The van der Waals surface area contributed by atoms with Crippen molar-refractivity contribution in [1.29, 1.82) is 0 Å². The maximum absolute atomic E-state index is 12.0. The third-order valence-electron chi connectivity index (χ3n) is 3.02. The number of benzene rings is 1. The Labute approximate surface area is 133 Å². The summed E-state index contributed by atoms with van der Waals surface area (Å²) < 4.78 is 1.26. The molecule has 1 amide bonds. The molecule has 1 aromatic carbocycles. The molecule has 1 N–H and O–H groups in total. The molecule has 2 aromatic rings. The number of aromatic nitrogens is 2. The van der Waals surface area contributed by atoms with Crippen LogP contribution in [0.2, 0.25) is 0 Å². The average Bonchev–Trinajstić information content (AvgIpc) is 2.56. The highest BCUT2D eigenvalue weighted by atomic mass is 16.6. The molecule has 0 saturated carbocycles. The van der Waals surface area contributed by atoms with Gasteiger partial charge >= 0.3 is 0 Å². The summed E-state index contributed by atoms with van der Waals surface area (Å²) in [6.07, 6.45) is 2.63. The van der Waals surface area contributed by atoms with E-state index in [0.717, 1.165) is 18.2 Å². The largest absolute Gasteiger partial charge is 0.350 e. The second-order valence-electron chi connectivity index (χ2n) is 4.62. The summed E-state index contributed by atoms with van der Waals surface area (Å²) in [6, 6.07) is 3.91. The zero-order chi connectivity index (χ0) is 17.7. The van der Waals surface area contributed by atoms with E-state index in [9.17, 15) is 29.8 Å². The summed E-state index contributed by atoms with van der Waals surface area (Å²) in [4.78, 5) is 47.2. The van der Waals surface area contributed by atoms with Crippen LogP contribution in [0.3, 0.4) is 0 Å². The maximum atomic E-state index is 12.0. The number of rotatable bonds is 6. The normalized spacial score (nSPS) is 10.2. The minimum absolute atomic E-state index is 0.0426. The van der Waals surface area contributed by atoms with Crippen molar-refractivity contribution in [3.8, 4) is 0 Å². The lowest BCUT2D eigenvalue weighted by molar-refractivity contribution is -0.394. The summed E-state index contributed by atoms with van der Waals surface area (Å²) in [6.45, 7) is 0.177. The molecule has 2 rings (SSSR count). The molecular weight excluding hydrogens is 322 g/mol. The number of hydrogen-bond donors (Lipinski definition) is 1. The van der Waals surface area contributed by atoms with Crippen LogP contribution in [0, 0.1) is 20.2 Å². The van der Waals surface area contributed by atoms with Crippen molar-refractivity contribution in [3.63, 3.8) is 0 Å². The van der Waals surface area contributed by atoms with Crippen LogP contribution in [-0.4, -0.2) is 31.8 Å². The van der Waals surface area contributed by atoms with Crippen molar-refractivity contribution < 1.29 is 14.6 Å². The predicted molar refractivity (Wildman–Crippen MR) is 80.6 cm³/mol. The lowest BCUT2D eigenvalue weighted by Crippen LogP contribution is -2.30. The highest BCUT2D eigenvalue weighted by Gasteiger charge is 2.19. The molecule has 1 heterocycles. The van der Waals surface area contributed by atoms with Crippen molar-refractivity contribution in [2.24, 2.45) is 0 Å². The molecule has 24 heavy (non-hydrogen) atoms. The Balaban J connectivity index is 2.12. The van der Waals surface area contributed by atoms with E-state index in [2.05, 4.69) is 10.3 Å². The number of hydrogen-bond acceptors (Lipinski definition) is 7. The van der Waals surface area contributed by atoms with Gasteiger partial charge in [-0.2, -0.15) is 0 Å². The monoisotopic (exact) mass is 333 g/mol. The van der Waals surface area contributed by atoms with E-state index in [-0.39, 0.29) is 24.2 Å². The molecule has 0 radical (unpaired) electrons. The van der Waals surface area contributed by atoms with Crippen LogP contribution in [0.25, 0.3) is 0 Å². The first-order chi connectivity index (χ1) is 11.4. The first-order valence-electron chi connectivity index (χ1n) is 6.61. The van der Waals surface area contributed by atoms with Crippen LogP contribution in [0.4, 0.5) is 11.4 Å². The third kappa shape index (κ3) is 3.97. The molecule has 0 aliphatic rings. The molecule has 0 aliphatic carbocycles. The highest BCUT2D eigenvalue weighted by Crippen LogP contribution is 2.22. The minimum Gasteiger partial charge on any atom is -0.350 e. The summed E-state index contributed by atoms with van der Waals surface area (Å²) in [7, 11) is 0. The van der Waals surface area contributed by atoms with Crippen molar-refractivity contribution >= 4 is 17.3 Å². The van der Waals surface area contributed by atoms with E-state index in [1.807, 2.05) is 0 Å². The first kappa shape index (κ1) is 16.7. The number of amides is 1. The number of nitro benzene ring substituents is 2. The van der Waals surface area contributed by atoms with E-state index in [4.69, 9.17) is 0 Å².